The van der Waals surface area contributed by atoms with Gasteiger partial charge in [-0.25, -0.2) is 4.39 Å². The Morgan fingerprint density at radius 2 is 1.62 bits per heavy atom. The third-order valence-electron chi connectivity index (χ3n) is 7.10. The summed E-state index contributed by atoms with van der Waals surface area (Å²) in [6.45, 7) is 6.68. The van der Waals surface area contributed by atoms with Crippen LogP contribution < -0.4 is 5.32 Å². The van der Waals surface area contributed by atoms with Gasteiger partial charge in [0.15, 0.2) is 0 Å². The first-order valence-corrected chi connectivity index (χ1v) is 12.7. The van der Waals surface area contributed by atoms with E-state index in [9.17, 15) is 9.18 Å². The molecule has 0 aliphatic heterocycles. The van der Waals surface area contributed by atoms with Crippen molar-refractivity contribution in [1.29, 1.82) is 0 Å². The lowest BCUT2D eigenvalue weighted by molar-refractivity contribution is 0.0939. The monoisotopic (exact) mass is 510 g/mol. The Bertz CT molecular complexity index is 1590. The summed E-state index contributed by atoms with van der Waals surface area (Å²) in [5.41, 5.74) is 7.87. The fourth-order valence-electron chi connectivity index (χ4n) is 4.82. The number of carbonyl (C=O) groups is 1. The predicted molar refractivity (Wildman–Crippen MR) is 150 cm³/mol. The number of hydrogen-bond acceptors (Lipinski definition) is 1. The van der Waals surface area contributed by atoms with Crippen LogP contribution in [0.25, 0.3) is 22.0 Å². The van der Waals surface area contributed by atoms with Crippen molar-refractivity contribution in [2.75, 3.05) is 0 Å². The molecular weight excluding hydrogens is 483 g/mol. The van der Waals surface area contributed by atoms with Crippen molar-refractivity contribution in [1.82, 2.24) is 9.88 Å². The summed E-state index contributed by atoms with van der Waals surface area (Å²) in [5, 5.41) is 3.98. The standard InChI is InChI=1S/C32H28ClFN2O/c1-20-22(3)36(19-23-12-14-25(15-13-23)24-8-5-4-6-9-24)30-17-16-26(18-28(20)30)32(37)35-21(2)27-10-7-11-29(33)31(27)34/h4-18,21H,19H2,1-3H3,(H,35,37)/t21-/m0/s1. The maximum absolute atomic E-state index is 14.4. The van der Waals surface area contributed by atoms with Gasteiger partial charge in [0.2, 0.25) is 0 Å². The number of carbonyl (C=O) groups excluding carboxylic acids is 1. The zero-order valence-corrected chi connectivity index (χ0v) is 21.8. The van der Waals surface area contributed by atoms with E-state index in [1.165, 1.54) is 22.8 Å². The Morgan fingerprint density at radius 1 is 0.919 bits per heavy atom. The molecule has 0 saturated heterocycles. The van der Waals surface area contributed by atoms with Crippen LogP contribution >= 0.6 is 11.6 Å². The molecule has 0 bridgehead atoms. The minimum Gasteiger partial charge on any atom is -0.345 e. The van der Waals surface area contributed by atoms with Gasteiger partial charge in [-0.3, -0.25) is 4.79 Å². The summed E-state index contributed by atoms with van der Waals surface area (Å²) in [6.07, 6.45) is 0. The minimum atomic E-state index is -0.520. The van der Waals surface area contributed by atoms with Gasteiger partial charge in [-0.05, 0) is 67.3 Å². The molecule has 0 saturated carbocycles. The number of aryl methyl sites for hydroxylation is 1. The van der Waals surface area contributed by atoms with Crippen molar-refractivity contribution in [2.45, 2.75) is 33.4 Å². The molecule has 4 aromatic carbocycles. The summed E-state index contributed by atoms with van der Waals surface area (Å²) in [4.78, 5) is 13.0. The highest BCUT2D eigenvalue weighted by Crippen LogP contribution is 2.29. The van der Waals surface area contributed by atoms with Crippen LogP contribution in [0.1, 0.15) is 45.7 Å². The first-order chi connectivity index (χ1) is 17.8. The van der Waals surface area contributed by atoms with Gasteiger partial charge in [-0.2, -0.15) is 0 Å². The van der Waals surface area contributed by atoms with Crippen molar-refractivity contribution in [3.8, 4) is 11.1 Å². The summed E-state index contributed by atoms with van der Waals surface area (Å²) in [6, 6.07) is 29.0. The van der Waals surface area contributed by atoms with Crippen LogP contribution in [0.5, 0.6) is 0 Å². The topological polar surface area (TPSA) is 34.0 Å². The second kappa shape index (κ2) is 10.2. The van der Waals surface area contributed by atoms with Gasteiger partial charge in [0.25, 0.3) is 5.91 Å². The third kappa shape index (κ3) is 4.90. The first kappa shape index (κ1) is 24.8. The van der Waals surface area contributed by atoms with Crippen molar-refractivity contribution in [3.63, 3.8) is 0 Å². The molecule has 0 spiro atoms. The molecule has 0 radical (unpaired) electrons. The van der Waals surface area contributed by atoms with Crippen LogP contribution in [-0.4, -0.2) is 10.5 Å². The zero-order chi connectivity index (χ0) is 26.1. The van der Waals surface area contributed by atoms with Crippen molar-refractivity contribution >= 4 is 28.4 Å². The molecule has 0 fully saturated rings. The van der Waals surface area contributed by atoms with Gasteiger partial charge < -0.3 is 9.88 Å². The number of nitrogens with one attached hydrogen (secondary N) is 1. The maximum Gasteiger partial charge on any atom is 0.251 e. The van der Waals surface area contributed by atoms with Gasteiger partial charge in [0, 0.05) is 34.3 Å². The molecule has 186 valence electrons. The molecular formula is C32H28ClFN2O. The summed E-state index contributed by atoms with van der Waals surface area (Å²) >= 11 is 5.92. The van der Waals surface area contributed by atoms with Crippen LogP contribution in [0.2, 0.25) is 5.02 Å². The average Bonchev–Trinajstić information content (AvgIpc) is 3.15. The molecule has 3 nitrogen and oxygen atoms in total. The molecule has 0 aliphatic carbocycles. The van der Waals surface area contributed by atoms with E-state index in [2.05, 4.69) is 60.1 Å². The van der Waals surface area contributed by atoms with Gasteiger partial charge in [-0.1, -0.05) is 78.3 Å². The Kier molecular flexibility index (Phi) is 6.86. The largest absolute Gasteiger partial charge is 0.345 e. The average molecular weight is 511 g/mol. The summed E-state index contributed by atoms with van der Waals surface area (Å²) < 4.78 is 16.7. The highest BCUT2D eigenvalue weighted by molar-refractivity contribution is 6.30. The smallest absolute Gasteiger partial charge is 0.251 e. The molecule has 0 aliphatic rings. The van der Waals surface area contributed by atoms with Gasteiger partial charge in [-0.15, -0.1) is 0 Å². The number of nitrogens with zero attached hydrogens (tertiary/aromatic N) is 1. The van der Waals surface area contributed by atoms with Gasteiger partial charge in [0.05, 0.1) is 11.1 Å². The van der Waals surface area contributed by atoms with E-state index >= 15 is 0 Å². The summed E-state index contributed by atoms with van der Waals surface area (Å²) in [5.74, 6) is -0.761. The molecule has 5 aromatic rings. The Labute approximate surface area is 221 Å². The number of aromatic nitrogens is 1. The molecule has 5 heteroatoms. The summed E-state index contributed by atoms with van der Waals surface area (Å²) in [7, 11) is 0. The van der Waals surface area contributed by atoms with Crippen molar-refractivity contribution in [2.24, 2.45) is 0 Å². The number of rotatable bonds is 6. The van der Waals surface area contributed by atoms with E-state index in [1.54, 1.807) is 19.1 Å². The lowest BCUT2D eigenvalue weighted by atomic mass is 10.0. The van der Waals surface area contributed by atoms with E-state index in [-0.39, 0.29) is 10.9 Å². The van der Waals surface area contributed by atoms with Crippen LogP contribution in [0.3, 0.4) is 0 Å². The lowest BCUT2D eigenvalue weighted by Crippen LogP contribution is -2.27. The van der Waals surface area contributed by atoms with E-state index in [1.807, 2.05) is 36.4 Å². The van der Waals surface area contributed by atoms with E-state index in [0.29, 0.717) is 11.1 Å². The van der Waals surface area contributed by atoms with Crippen LogP contribution in [0.4, 0.5) is 4.39 Å². The molecule has 1 N–H and O–H groups in total. The zero-order valence-electron chi connectivity index (χ0n) is 21.1. The lowest BCUT2D eigenvalue weighted by Gasteiger charge is -2.16. The Balaban J connectivity index is 1.38. The Morgan fingerprint density at radius 3 is 2.35 bits per heavy atom. The van der Waals surface area contributed by atoms with E-state index in [0.717, 1.165) is 28.7 Å². The second-order valence-corrected chi connectivity index (χ2v) is 9.84. The third-order valence-corrected chi connectivity index (χ3v) is 7.39. The molecule has 1 amide bonds. The minimum absolute atomic E-state index is 0.0437. The highest BCUT2D eigenvalue weighted by Gasteiger charge is 2.18. The van der Waals surface area contributed by atoms with Crippen LogP contribution in [0.15, 0.2) is 91.0 Å². The normalized spacial score (nSPS) is 12.0. The maximum atomic E-state index is 14.4. The molecule has 0 unspecified atom stereocenters. The number of halogens is 2. The van der Waals surface area contributed by atoms with Crippen molar-refractivity contribution < 1.29 is 9.18 Å². The number of hydrogen-bond donors (Lipinski definition) is 1. The quantitative estimate of drug-likeness (QED) is 0.245. The fraction of sp³-hybridized carbons (Fsp3) is 0.156. The molecule has 1 heterocycles. The number of amides is 1. The molecule has 5 rings (SSSR count). The SMILES string of the molecule is Cc1c(C)n(Cc2ccc(-c3ccccc3)cc2)c2ccc(C(=O)N[C@@H](C)c3cccc(Cl)c3F)cc12. The fourth-order valence-corrected chi connectivity index (χ4v) is 5.01. The van der Waals surface area contributed by atoms with Crippen molar-refractivity contribution in [3.05, 3.63) is 130 Å². The van der Waals surface area contributed by atoms with E-state index in [4.69, 9.17) is 11.6 Å². The molecule has 37 heavy (non-hydrogen) atoms. The second-order valence-electron chi connectivity index (χ2n) is 9.43. The first-order valence-electron chi connectivity index (χ1n) is 12.3. The molecule has 1 aromatic heterocycles. The number of benzene rings is 4. The predicted octanol–water partition coefficient (Wildman–Crippen LogP) is 8.26. The van der Waals surface area contributed by atoms with Crippen LogP contribution in [-0.2, 0) is 6.54 Å². The van der Waals surface area contributed by atoms with Gasteiger partial charge >= 0.3 is 0 Å². The number of fused-ring (bicyclic) bond motifs is 1. The highest BCUT2D eigenvalue weighted by atomic mass is 35.5. The van der Waals surface area contributed by atoms with Crippen LogP contribution in [0, 0.1) is 19.7 Å². The van der Waals surface area contributed by atoms with Gasteiger partial charge in [0.1, 0.15) is 5.82 Å². The molecule has 1 atom stereocenters. The Hall–Kier alpha value is -3.89. The van der Waals surface area contributed by atoms with E-state index < -0.39 is 11.9 Å².